The van der Waals surface area contributed by atoms with Crippen LogP contribution in [0.4, 0.5) is 0 Å². The lowest BCUT2D eigenvalue weighted by Crippen LogP contribution is -2.30. The molecule has 1 aliphatic rings. The molecule has 0 aliphatic carbocycles. The molecule has 0 amide bonds. The molecule has 5 heteroatoms. The molecule has 2 heterocycles. The Morgan fingerprint density at radius 3 is 2.85 bits per heavy atom. The molecule has 1 aromatic heterocycles. The average Bonchev–Trinajstić information content (AvgIpc) is 2.47. The van der Waals surface area contributed by atoms with Crippen molar-refractivity contribution in [1.82, 2.24) is 5.32 Å². The van der Waals surface area contributed by atoms with Gasteiger partial charge in [0, 0.05) is 29.7 Å². The number of thiophene rings is 1. The summed E-state index contributed by atoms with van der Waals surface area (Å²) in [4.78, 5) is 0. The zero-order valence-corrected chi connectivity index (χ0v) is 9.99. The van der Waals surface area contributed by atoms with Crippen molar-refractivity contribution in [3.8, 4) is 0 Å². The summed E-state index contributed by atoms with van der Waals surface area (Å²) in [5.41, 5.74) is 1.16. The maximum Gasteiger partial charge on any atom is 0.0992 e. The van der Waals surface area contributed by atoms with Crippen molar-refractivity contribution in [2.24, 2.45) is 0 Å². The first-order valence-corrected chi connectivity index (χ1v) is 6.76. The van der Waals surface area contributed by atoms with E-state index < -0.39 is 0 Å². The Labute approximate surface area is 95.8 Å². The molecule has 0 aromatic carbocycles. The lowest BCUT2D eigenvalue weighted by Gasteiger charge is -2.22. The van der Waals surface area contributed by atoms with Gasteiger partial charge in [-0.15, -0.1) is 11.3 Å². The maximum atomic E-state index is 6.06. The van der Waals surface area contributed by atoms with Crippen molar-refractivity contribution in [2.75, 3.05) is 18.1 Å². The smallest absolute Gasteiger partial charge is 0.0992 e. The minimum Gasteiger partial charge on any atom is -0.308 e. The molecule has 1 fully saturated rings. The highest BCUT2D eigenvalue weighted by atomic mass is 35.5. The number of thioether (sulfide) groups is 1. The Morgan fingerprint density at radius 1 is 1.46 bits per heavy atom. The first-order valence-electron chi connectivity index (χ1n) is 4.03. The van der Waals surface area contributed by atoms with Crippen LogP contribution in [-0.2, 0) is 0 Å². The van der Waals surface area contributed by atoms with Crippen LogP contribution in [0.1, 0.15) is 11.6 Å². The van der Waals surface area contributed by atoms with Crippen molar-refractivity contribution >= 4 is 46.3 Å². The first kappa shape index (κ1) is 10.1. The summed E-state index contributed by atoms with van der Waals surface area (Å²) in [6.07, 6.45) is 0. The summed E-state index contributed by atoms with van der Waals surface area (Å²) in [5.74, 6) is 2.28. The molecule has 0 radical (unpaired) electrons. The largest absolute Gasteiger partial charge is 0.308 e. The molecule has 0 bridgehead atoms. The molecule has 2 rings (SSSR count). The monoisotopic (exact) mass is 253 g/mol. The van der Waals surface area contributed by atoms with Gasteiger partial charge in [-0.05, 0) is 6.07 Å². The predicted octanol–water partition coefficient (Wildman–Crippen LogP) is 3.43. The average molecular weight is 254 g/mol. The van der Waals surface area contributed by atoms with E-state index in [9.17, 15) is 0 Å². The van der Waals surface area contributed by atoms with Crippen molar-refractivity contribution in [2.45, 2.75) is 6.04 Å². The second-order valence-electron chi connectivity index (χ2n) is 2.86. The molecule has 1 aliphatic heterocycles. The van der Waals surface area contributed by atoms with Crippen LogP contribution in [0.2, 0.25) is 8.67 Å². The Morgan fingerprint density at radius 2 is 2.31 bits per heavy atom. The van der Waals surface area contributed by atoms with E-state index in [1.807, 2.05) is 17.8 Å². The number of hydrogen-bond acceptors (Lipinski definition) is 3. The number of nitrogens with one attached hydrogen (secondary N) is 1. The van der Waals surface area contributed by atoms with E-state index >= 15 is 0 Å². The zero-order valence-electron chi connectivity index (χ0n) is 6.85. The van der Waals surface area contributed by atoms with Crippen LogP contribution in [0, 0.1) is 0 Å². The highest BCUT2D eigenvalue weighted by molar-refractivity contribution is 7.99. The predicted molar refractivity (Wildman–Crippen MR) is 62.4 cm³/mol. The molecule has 13 heavy (non-hydrogen) atoms. The second kappa shape index (κ2) is 4.41. The second-order valence-corrected chi connectivity index (χ2v) is 6.30. The fourth-order valence-corrected chi connectivity index (χ4v) is 3.90. The van der Waals surface area contributed by atoms with E-state index in [0.29, 0.717) is 6.04 Å². The number of halogens is 2. The zero-order chi connectivity index (χ0) is 9.26. The van der Waals surface area contributed by atoms with Crippen LogP contribution >= 0.6 is 46.3 Å². The Hall–Kier alpha value is 0.590. The van der Waals surface area contributed by atoms with Crippen molar-refractivity contribution in [3.63, 3.8) is 0 Å². The minimum atomic E-state index is 0.384. The first-order chi connectivity index (χ1) is 6.27. The van der Waals surface area contributed by atoms with Gasteiger partial charge >= 0.3 is 0 Å². The number of hydrogen-bond donors (Lipinski definition) is 1. The van der Waals surface area contributed by atoms with E-state index in [4.69, 9.17) is 23.2 Å². The lowest BCUT2D eigenvalue weighted by atomic mass is 10.2. The van der Waals surface area contributed by atoms with Crippen molar-refractivity contribution < 1.29 is 0 Å². The van der Waals surface area contributed by atoms with Gasteiger partial charge in [0.2, 0.25) is 0 Å². The van der Waals surface area contributed by atoms with Crippen LogP contribution in [-0.4, -0.2) is 18.1 Å². The molecule has 1 nitrogen and oxygen atoms in total. The van der Waals surface area contributed by atoms with Crippen LogP contribution < -0.4 is 5.32 Å². The van der Waals surface area contributed by atoms with Gasteiger partial charge in [0.15, 0.2) is 0 Å². The Bertz CT molecular complexity index is 294. The molecule has 1 N–H and O–H groups in total. The Balaban J connectivity index is 2.18. The molecule has 72 valence electrons. The topological polar surface area (TPSA) is 12.0 Å². The third-order valence-electron chi connectivity index (χ3n) is 1.98. The van der Waals surface area contributed by atoms with Crippen molar-refractivity contribution in [1.29, 1.82) is 0 Å². The Kier molecular flexibility index (Phi) is 3.43. The van der Waals surface area contributed by atoms with E-state index in [-0.39, 0.29) is 0 Å². The van der Waals surface area contributed by atoms with E-state index in [0.717, 1.165) is 26.5 Å². The fraction of sp³-hybridized carbons (Fsp3) is 0.500. The molecule has 1 atom stereocenters. The molecule has 1 saturated heterocycles. The number of rotatable bonds is 1. The fourth-order valence-electron chi connectivity index (χ4n) is 1.36. The standard InChI is InChI=1S/C8H9Cl2NS2/c9-7-3-5(8(10)13-7)6-4-12-2-1-11-6/h3,6,11H,1-2,4H2. The molecule has 1 aromatic rings. The summed E-state index contributed by atoms with van der Waals surface area (Å²) in [5, 5.41) is 3.43. The van der Waals surface area contributed by atoms with Crippen LogP contribution in [0.15, 0.2) is 6.07 Å². The summed E-state index contributed by atoms with van der Waals surface area (Å²) in [7, 11) is 0. The molecule has 0 spiro atoms. The highest BCUT2D eigenvalue weighted by Crippen LogP contribution is 2.36. The normalized spacial score (nSPS) is 23.4. The molecule has 1 unspecified atom stereocenters. The van der Waals surface area contributed by atoms with Gasteiger partial charge in [0.05, 0.1) is 8.67 Å². The van der Waals surface area contributed by atoms with Crippen LogP contribution in [0.5, 0.6) is 0 Å². The van der Waals surface area contributed by atoms with Crippen molar-refractivity contribution in [3.05, 3.63) is 20.3 Å². The summed E-state index contributed by atoms with van der Waals surface area (Å²) in [6, 6.07) is 2.35. The summed E-state index contributed by atoms with van der Waals surface area (Å²) in [6.45, 7) is 1.05. The van der Waals surface area contributed by atoms with Gasteiger partial charge in [-0.2, -0.15) is 11.8 Å². The minimum absolute atomic E-state index is 0.384. The third-order valence-corrected chi connectivity index (χ3v) is 4.56. The van der Waals surface area contributed by atoms with E-state index in [1.165, 1.54) is 17.1 Å². The highest BCUT2D eigenvalue weighted by Gasteiger charge is 2.19. The van der Waals surface area contributed by atoms with Gasteiger partial charge in [-0.3, -0.25) is 0 Å². The maximum absolute atomic E-state index is 6.06. The molecular weight excluding hydrogens is 245 g/mol. The molecular formula is C8H9Cl2NS2. The lowest BCUT2D eigenvalue weighted by molar-refractivity contribution is 0.597. The van der Waals surface area contributed by atoms with Gasteiger partial charge in [-0.1, -0.05) is 23.2 Å². The summed E-state index contributed by atoms with van der Waals surface area (Å²) >= 11 is 15.3. The van der Waals surface area contributed by atoms with Gasteiger partial charge < -0.3 is 5.32 Å². The summed E-state index contributed by atoms with van der Waals surface area (Å²) < 4.78 is 1.60. The third kappa shape index (κ3) is 2.34. The van der Waals surface area contributed by atoms with Gasteiger partial charge in [0.1, 0.15) is 0 Å². The quantitative estimate of drug-likeness (QED) is 0.824. The van der Waals surface area contributed by atoms with Crippen LogP contribution in [0.3, 0.4) is 0 Å². The SMILES string of the molecule is Clc1cc(C2CSCCN2)c(Cl)s1. The van der Waals surface area contributed by atoms with Gasteiger partial charge in [0.25, 0.3) is 0 Å². The van der Waals surface area contributed by atoms with E-state index in [1.54, 1.807) is 0 Å². The van der Waals surface area contributed by atoms with E-state index in [2.05, 4.69) is 5.32 Å². The molecule has 0 saturated carbocycles. The van der Waals surface area contributed by atoms with Gasteiger partial charge in [-0.25, -0.2) is 0 Å². The van der Waals surface area contributed by atoms with Crippen LogP contribution in [0.25, 0.3) is 0 Å².